The summed E-state index contributed by atoms with van der Waals surface area (Å²) in [5.74, 6) is 2.54. The first-order valence-electron chi connectivity index (χ1n) is 13.0. The Balaban J connectivity index is 1.49. The highest BCUT2D eigenvalue weighted by molar-refractivity contribution is 5.64. The summed E-state index contributed by atoms with van der Waals surface area (Å²) in [5, 5.41) is 8.49. The van der Waals surface area contributed by atoms with Gasteiger partial charge in [0.05, 0.1) is 17.1 Å². The second-order valence-corrected chi connectivity index (χ2v) is 10.7. The van der Waals surface area contributed by atoms with E-state index in [1.54, 1.807) is 17.4 Å². The van der Waals surface area contributed by atoms with Gasteiger partial charge in [-0.25, -0.2) is 0 Å². The molecular formula is C29H34F3N7. The van der Waals surface area contributed by atoms with Gasteiger partial charge in [0.15, 0.2) is 0 Å². The van der Waals surface area contributed by atoms with E-state index in [0.717, 1.165) is 29.9 Å². The molecule has 1 saturated carbocycles. The van der Waals surface area contributed by atoms with Crippen molar-refractivity contribution in [2.24, 2.45) is 13.0 Å². The van der Waals surface area contributed by atoms with Crippen molar-refractivity contribution in [2.45, 2.75) is 31.4 Å². The third-order valence-electron chi connectivity index (χ3n) is 7.80. The SMILES string of the molecule is C=C(N(C)C)N(C)CC1=CN2C(=C)N(c3cccc(C(c4nncn4C)C4CCC4)c3)C=C2C(C(F)(F)F)=C1. The molecule has 206 valence electrons. The minimum Gasteiger partial charge on any atom is -0.365 e. The molecule has 3 aliphatic rings. The van der Waals surface area contributed by atoms with Gasteiger partial charge in [0.1, 0.15) is 18.0 Å². The van der Waals surface area contributed by atoms with Crippen molar-refractivity contribution in [1.29, 1.82) is 0 Å². The fourth-order valence-electron chi connectivity index (χ4n) is 5.41. The van der Waals surface area contributed by atoms with Gasteiger partial charge in [0, 0.05) is 58.7 Å². The molecular weight excluding hydrogens is 503 g/mol. The van der Waals surface area contributed by atoms with Gasteiger partial charge in [0.2, 0.25) is 0 Å². The maximum absolute atomic E-state index is 14.3. The van der Waals surface area contributed by atoms with Crippen LogP contribution in [0.3, 0.4) is 0 Å². The zero-order chi connectivity index (χ0) is 28.1. The van der Waals surface area contributed by atoms with Gasteiger partial charge >= 0.3 is 6.18 Å². The summed E-state index contributed by atoms with van der Waals surface area (Å²) in [5.41, 5.74) is 1.68. The van der Waals surface area contributed by atoms with Crippen LogP contribution in [0.1, 0.15) is 36.6 Å². The molecule has 1 fully saturated rings. The molecule has 2 aromatic rings. The van der Waals surface area contributed by atoms with Gasteiger partial charge < -0.3 is 24.2 Å². The smallest absolute Gasteiger partial charge is 0.365 e. The lowest BCUT2D eigenvalue weighted by Crippen LogP contribution is -2.31. The third kappa shape index (κ3) is 4.95. The third-order valence-corrected chi connectivity index (χ3v) is 7.80. The quantitative estimate of drug-likeness (QED) is 0.441. The first-order chi connectivity index (χ1) is 18.5. The number of fused-ring (bicyclic) bond motifs is 1. The number of benzene rings is 1. The maximum Gasteiger partial charge on any atom is 0.418 e. The maximum atomic E-state index is 14.3. The van der Waals surface area contributed by atoms with Crippen LogP contribution in [0.5, 0.6) is 0 Å². The van der Waals surface area contributed by atoms with Crippen LogP contribution >= 0.6 is 0 Å². The molecule has 39 heavy (non-hydrogen) atoms. The molecule has 10 heteroatoms. The number of alkyl halides is 3. The standard InChI is InChI=1S/C29H34F3N7/c1-19(35(3)4)36(5)15-21-13-25(29(30,31)32)26-17-38(20(2)39(26)16-21)24-12-8-11-23(14-24)27(22-9-7-10-22)28-34-33-18-37(28)6/h8,11-14,16-18,22,27H,1-2,7,9-10,15H2,3-6H3. The first-order valence-corrected chi connectivity index (χ1v) is 13.0. The second kappa shape index (κ2) is 9.98. The Morgan fingerprint density at radius 1 is 1.15 bits per heavy atom. The van der Waals surface area contributed by atoms with Crippen molar-refractivity contribution in [1.82, 2.24) is 29.5 Å². The van der Waals surface area contributed by atoms with Crippen LogP contribution in [-0.4, -0.2) is 63.3 Å². The predicted octanol–water partition coefficient (Wildman–Crippen LogP) is 5.53. The monoisotopic (exact) mass is 537 g/mol. The van der Waals surface area contributed by atoms with Gasteiger partial charge in [-0.1, -0.05) is 31.7 Å². The summed E-state index contributed by atoms with van der Waals surface area (Å²) in [4.78, 5) is 6.90. The molecule has 2 aliphatic heterocycles. The topological polar surface area (TPSA) is 43.7 Å². The average Bonchev–Trinajstić information content (AvgIpc) is 3.42. The van der Waals surface area contributed by atoms with Gasteiger partial charge in [-0.3, -0.25) is 0 Å². The fraction of sp³-hybridized carbons (Fsp3) is 0.379. The molecule has 0 spiro atoms. The summed E-state index contributed by atoms with van der Waals surface area (Å²) in [7, 11) is 7.44. The van der Waals surface area contributed by atoms with E-state index >= 15 is 0 Å². The van der Waals surface area contributed by atoms with Crippen molar-refractivity contribution in [2.75, 3.05) is 32.6 Å². The molecule has 1 atom stereocenters. The molecule has 7 nitrogen and oxygen atoms in total. The van der Waals surface area contributed by atoms with E-state index in [0.29, 0.717) is 23.1 Å². The largest absolute Gasteiger partial charge is 0.418 e. The molecule has 3 heterocycles. The molecule has 1 aromatic heterocycles. The predicted molar refractivity (Wildman–Crippen MR) is 146 cm³/mol. The molecule has 0 saturated heterocycles. The number of likely N-dealkylation sites (N-methyl/N-ethyl adjacent to an activating group) is 1. The second-order valence-electron chi connectivity index (χ2n) is 10.7. The number of halogens is 3. The summed E-state index contributed by atoms with van der Waals surface area (Å²) in [6.07, 6.45) is 5.04. The molecule has 1 aliphatic carbocycles. The van der Waals surface area contributed by atoms with E-state index in [2.05, 4.69) is 29.4 Å². The molecule has 0 amide bonds. The highest BCUT2D eigenvalue weighted by Gasteiger charge is 2.43. The zero-order valence-corrected chi connectivity index (χ0v) is 22.8. The fourth-order valence-corrected chi connectivity index (χ4v) is 5.41. The Hall–Kier alpha value is -3.95. The van der Waals surface area contributed by atoms with Crippen molar-refractivity contribution in [3.8, 4) is 0 Å². The molecule has 0 bridgehead atoms. The van der Waals surface area contributed by atoms with E-state index < -0.39 is 11.7 Å². The number of aryl methyl sites for hydroxylation is 1. The number of hydrogen-bond donors (Lipinski definition) is 0. The van der Waals surface area contributed by atoms with E-state index in [9.17, 15) is 13.2 Å². The van der Waals surface area contributed by atoms with Crippen molar-refractivity contribution in [3.63, 3.8) is 0 Å². The zero-order valence-electron chi connectivity index (χ0n) is 22.8. The lowest BCUT2D eigenvalue weighted by Gasteiger charge is -2.34. The van der Waals surface area contributed by atoms with E-state index in [1.165, 1.54) is 23.6 Å². The first kappa shape index (κ1) is 26.6. The average molecular weight is 538 g/mol. The summed E-state index contributed by atoms with van der Waals surface area (Å²) < 4.78 is 44.7. The summed E-state index contributed by atoms with van der Waals surface area (Å²) in [6, 6.07) is 7.94. The number of nitrogens with zero attached hydrogens (tertiary/aromatic N) is 7. The van der Waals surface area contributed by atoms with E-state index in [4.69, 9.17) is 0 Å². The van der Waals surface area contributed by atoms with Crippen LogP contribution in [0, 0.1) is 5.92 Å². The molecule has 0 N–H and O–H groups in total. The Bertz CT molecular complexity index is 1380. The highest BCUT2D eigenvalue weighted by Crippen LogP contribution is 2.46. The summed E-state index contributed by atoms with van der Waals surface area (Å²) >= 11 is 0. The number of anilines is 1. The Labute approximate surface area is 227 Å². The van der Waals surface area contributed by atoms with Gasteiger partial charge in [-0.2, -0.15) is 13.2 Å². The van der Waals surface area contributed by atoms with Gasteiger partial charge in [0.25, 0.3) is 0 Å². The van der Waals surface area contributed by atoms with Crippen LogP contribution in [-0.2, 0) is 7.05 Å². The van der Waals surface area contributed by atoms with Crippen molar-refractivity contribution < 1.29 is 13.2 Å². The molecule has 1 aromatic carbocycles. The van der Waals surface area contributed by atoms with Crippen LogP contribution in [0.4, 0.5) is 18.9 Å². The Morgan fingerprint density at radius 3 is 2.49 bits per heavy atom. The minimum atomic E-state index is -4.53. The van der Waals surface area contributed by atoms with Crippen LogP contribution in [0.15, 0.2) is 90.7 Å². The lowest BCUT2D eigenvalue weighted by molar-refractivity contribution is -0.0909. The Kier molecular flexibility index (Phi) is 6.82. The van der Waals surface area contributed by atoms with Crippen LogP contribution < -0.4 is 4.90 Å². The summed E-state index contributed by atoms with van der Waals surface area (Å²) in [6.45, 7) is 8.46. The molecule has 1 unspecified atom stereocenters. The van der Waals surface area contributed by atoms with Crippen molar-refractivity contribution >= 4 is 5.69 Å². The van der Waals surface area contributed by atoms with Crippen molar-refractivity contribution in [3.05, 3.63) is 102 Å². The van der Waals surface area contributed by atoms with E-state index in [-0.39, 0.29) is 18.2 Å². The minimum absolute atomic E-state index is 0.0552. The lowest BCUT2D eigenvalue weighted by atomic mass is 9.72. The normalized spacial score (nSPS) is 18.2. The van der Waals surface area contributed by atoms with Gasteiger partial charge in [-0.05, 0) is 48.1 Å². The molecule has 0 radical (unpaired) electrons. The number of allylic oxidation sites excluding steroid dienone is 1. The van der Waals surface area contributed by atoms with E-state index in [1.807, 2.05) is 60.8 Å². The van der Waals surface area contributed by atoms with Crippen LogP contribution in [0.25, 0.3) is 0 Å². The highest BCUT2D eigenvalue weighted by atomic mass is 19.4. The Morgan fingerprint density at radius 2 is 1.90 bits per heavy atom. The number of hydrogen-bond acceptors (Lipinski definition) is 6. The van der Waals surface area contributed by atoms with Crippen LogP contribution in [0.2, 0.25) is 0 Å². The molecule has 5 rings (SSSR count). The number of rotatable bonds is 8. The number of aromatic nitrogens is 3. The van der Waals surface area contributed by atoms with Gasteiger partial charge in [-0.15, -0.1) is 10.2 Å².